The number of carbonyl (C=O) groups excluding carboxylic acids is 1. The maximum atomic E-state index is 12.1. The quantitative estimate of drug-likeness (QED) is 0.762. The Morgan fingerprint density at radius 1 is 1.26 bits per heavy atom. The van der Waals surface area contributed by atoms with Gasteiger partial charge in [-0.15, -0.1) is 0 Å². The van der Waals surface area contributed by atoms with E-state index in [1.807, 2.05) is 43.3 Å². The van der Waals surface area contributed by atoms with Crippen molar-refractivity contribution >= 4 is 12.0 Å². The molecule has 5 heteroatoms. The minimum absolute atomic E-state index is 0.123. The van der Waals surface area contributed by atoms with E-state index in [2.05, 4.69) is 11.4 Å². The van der Waals surface area contributed by atoms with Crippen LogP contribution in [0.4, 0.5) is 0 Å². The van der Waals surface area contributed by atoms with Gasteiger partial charge in [-0.1, -0.05) is 24.3 Å². The van der Waals surface area contributed by atoms with E-state index in [1.165, 1.54) is 11.6 Å². The standard InChI is InChI=1S/C22H25NO4/c1-3-26-21-13-16(8-10-20(21)25-2)9-11-22(24)23-14-17-12-18-6-4-5-7-19(18)27-15-17/h4-11,13,17H,3,12,14-15H2,1-2H3,(H,23,24). The molecule has 1 N–H and O–H groups in total. The number of nitrogens with one attached hydrogen (secondary N) is 1. The number of amides is 1. The highest BCUT2D eigenvalue weighted by atomic mass is 16.5. The minimum Gasteiger partial charge on any atom is -0.493 e. The van der Waals surface area contributed by atoms with Crippen LogP contribution in [-0.2, 0) is 11.2 Å². The number of para-hydroxylation sites is 1. The molecule has 1 aliphatic heterocycles. The fourth-order valence-corrected chi connectivity index (χ4v) is 3.06. The van der Waals surface area contributed by atoms with Gasteiger partial charge >= 0.3 is 0 Å². The second-order valence-electron chi connectivity index (χ2n) is 6.41. The number of rotatable bonds is 7. The van der Waals surface area contributed by atoms with Crippen LogP contribution in [0.2, 0.25) is 0 Å². The Bertz CT molecular complexity index is 816. The topological polar surface area (TPSA) is 56.8 Å². The molecule has 3 rings (SSSR count). The summed E-state index contributed by atoms with van der Waals surface area (Å²) in [6.07, 6.45) is 4.22. The van der Waals surface area contributed by atoms with Gasteiger partial charge in [0.25, 0.3) is 0 Å². The Kier molecular flexibility index (Phi) is 6.36. The van der Waals surface area contributed by atoms with Crippen LogP contribution >= 0.6 is 0 Å². The molecule has 0 aromatic heterocycles. The molecule has 1 aliphatic rings. The van der Waals surface area contributed by atoms with Crippen LogP contribution in [0, 0.1) is 5.92 Å². The maximum absolute atomic E-state index is 12.1. The van der Waals surface area contributed by atoms with Crippen LogP contribution in [0.15, 0.2) is 48.5 Å². The summed E-state index contributed by atoms with van der Waals surface area (Å²) in [4.78, 5) is 12.1. The van der Waals surface area contributed by atoms with Gasteiger partial charge in [-0.05, 0) is 48.7 Å². The average Bonchev–Trinajstić information content (AvgIpc) is 2.71. The lowest BCUT2D eigenvalue weighted by molar-refractivity contribution is -0.116. The van der Waals surface area contributed by atoms with E-state index >= 15 is 0 Å². The Morgan fingerprint density at radius 2 is 2.11 bits per heavy atom. The van der Waals surface area contributed by atoms with Crippen molar-refractivity contribution in [1.82, 2.24) is 5.32 Å². The van der Waals surface area contributed by atoms with Crippen molar-refractivity contribution in [3.05, 3.63) is 59.7 Å². The summed E-state index contributed by atoms with van der Waals surface area (Å²) >= 11 is 0. The van der Waals surface area contributed by atoms with E-state index in [0.717, 1.165) is 17.7 Å². The average molecular weight is 367 g/mol. The van der Waals surface area contributed by atoms with Crippen LogP contribution in [0.3, 0.4) is 0 Å². The minimum atomic E-state index is -0.123. The summed E-state index contributed by atoms with van der Waals surface area (Å²) in [5, 5.41) is 2.95. The normalized spacial score (nSPS) is 15.7. The maximum Gasteiger partial charge on any atom is 0.244 e. The van der Waals surface area contributed by atoms with Crippen LogP contribution in [-0.4, -0.2) is 32.8 Å². The molecule has 5 nitrogen and oxygen atoms in total. The fraction of sp³-hybridized carbons (Fsp3) is 0.318. The molecule has 1 amide bonds. The number of benzene rings is 2. The number of ether oxygens (including phenoxy) is 3. The molecule has 1 heterocycles. The van der Waals surface area contributed by atoms with Crippen molar-refractivity contribution in [2.45, 2.75) is 13.3 Å². The van der Waals surface area contributed by atoms with E-state index < -0.39 is 0 Å². The molecule has 27 heavy (non-hydrogen) atoms. The zero-order chi connectivity index (χ0) is 19.1. The molecule has 2 aromatic carbocycles. The monoisotopic (exact) mass is 367 g/mol. The smallest absolute Gasteiger partial charge is 0.244 e. The van der Waals surface area contributed by atoms with Gasteiger partial charge in [0.1, 0.15) is 5.75 Å². The third-order valence-electron chi connectivity index (χ3n) is 4.44. The van der Waals surface area contributed by atoms with E-state index in [-0.39, 0.29) is 11.8 Å². The molecule has 0 radical (unpaired) electrons. The zero-order valence-corrected chi connectivity index (χ0v) is 15.7. The molecule has 2 aromatic rings. The first-order valence-corrected chi connectivity index (χ1v) is 9.17. The van der Waals surface area contributed by atoms with Gasteiger partial charge in [-0.3, -0.25) is 4.79 Å². The second kappa shape index (κ2) is 9.12. The molecule has 1 unspecified atom stereocenters. The largest absolute Gasteiger partial charge is 0.493 e. The number of hydrogen-bond donors (Lipinski definition) is 1. The first-order valence-electron chi connectivity index (χ1n) is 9.17. The van der Waals surface area contributed by atoms with Crippen molar-refractivity contribution in [3.63, 3.8) is 0 Å². The predicted molar refractivity (Wildman–Crippen MR) is 105 cm³/mol. The van der Waals surface area contributed by atoms with Crippen molar-refractivity contribution in [2.75, 3.05) is 26.9 Å². The summed E-state index contributed by atoms with van der Waals surface area (Å²) in [5.74, 6) is 2.45. The molecule has 0 bridgehead atoms. The zero-order valence-electron chi connectivity index (χ0n) is 15.7. The van der Waals surface area contributed by atoms with Gasteiger partial charge in [0.05, 0.1) is 20.3 Å². The lowest BCUT2D eigenvalue weighted by Gasteiger charge is -2.25. The highest BCUT2D eigenvalue weighted by Crippen LogP contribution is 2.28. The molecular weight excluding hydrogens is 342 g/mol. The van der Waals surface area contributed by atoms with Crippen LogP contribution < -0.4 is 19.5 Å². The van der Waals surface area contributed by atoms with Crippen molar-refractivity contribution < 1.29 is 19.0 Å². The van der Waals surface area contributed by atoms with Crippen LogP contribution in [0.25, 0.3) is 6.08 Å². The van der Waals surface area contributed by atoms with E-state index in [9.17, 15) is 4.79 Å². The van der Waals surface area contributed by atoms with Gasteiger partial charge < -0.3 is 19.5 Å². The molecule has 0 spiro atoms. The van der Waals surface area contributed by atoms with Crippen molar-refractivity contribution in [1.29, 1.82) is 0 Å². The lowest BCUT2D eigenvalue weighted by atomic mass is 9.97. The van der Waals surface area contributed by atoms with Gasteiger partial charge in [0.2, 0.25) is 5.91 Å². The van der Waals surface area contributed by atoms with Crippen molar-refractivity contribution in [2.24, 2.45) is 5.92 Å². The van der Waals surface area contributed by atoms with E-state index in [0.29, 0.717) is 31.3 Å². The van der Waals surface area contributed by atoms with Gasteiger partial charge in [-0.2, -0.15) is 0 Å². The van der Waals surface area contributed by atoms with Gasteiger partial charge in [0.15, 0.2) is 11.5 Å². The van der Waals surface area contributed by atoms with Crippen molar-refractivity contribution in [3.8, 4) is 17.2 Å². The number of fused-ring (bicyclic) bond motifs is 1. The molecule has 142 valence electrons. The summed E-state index contributed by atoms with van der Waals surface area (Å²) in [7, 11) is 1.61. The fourth-order valence-electron chi connectivity index (χ4n) is 3.06. The van der Waals surface area contributed by atoms with E-state index in [1.54, 1.807) is 13.2 Å². The molecule has 0 saturated heterocycles. The predicted octanol–water partition coefficient (Wildman–Crippen LogP) is 3.47. The Morgan fingerprint density at radius 3 is 2.93 bits per heavy atom. The first-order chi connectivity index (χ1) is 13.2. The number of methoxy groups -OCH3 is 1. The Balaban J connectivity index is 1.53. The second-order valence-corrected chi connectivity index (χ2v) is 6.41. The van der Waals surface area contributed by atoms with Crippen LogP contribution in [0.5, 0.6) is 17.2 Å². The molecule has 0 aliphatic carbocycles. The highest BCUT2D eigenvalue weighted by molar-refractivity contribution is 5.91. The highest BCUT2D eigenvalue weighted by Gasteiger charge is 2.19. The Hall–Kier alpha value is -2.95. The van der Waals surface area contributed by atoms with Gasteiger partial charge in [-0.25, -0.2) is 0 Å². The third-order valence-corrected chi connectivity index (χ3v) is 4.44. The van der Waals surface area contributed by atoms with Gasteiger partial charge in [0, 0.05) is 18.5 Å². The summed E-state index contributed by atoms with van der Waals surface area (Å²) in [6.45, 7) is 3.68. The number of carbonyl (C=O) groups is 1. The summed E-state index contributed by atoms with van der Waals surface area (Å²) in [5.41, 5.74) is 2.07. The lowest BCUT2D eigenvalue weighted by Crippen LogP contribution is -2.33. The SMILES string of the molecule is CCOc1cc(C=CC(=O)NCC2COc3ccccc3C2)ccc1OC. The summed E-state index contributed by atoms with van der Waals surface area (Å²) in [6, 6.07) is 13.6. The number of hydrogen-bond acceptors (Lipinski definition) is 4. The first kappa shape index (κ1) is 18.8. The van der Waals surface area contributed by atoms with Crippen LogP contribution in [0.1, 0.15) is 18.1 Å². The molecular formula is C22H25NO4. The third kappa shape index (κ3) is 5.03. The van der Waals surface area contributed by atoms with E-state index in [4.69, 9.17) is 14.2 Å². The summed E-state index contributed by atoms with van der Waals surface area (Å²) < 4.78 is 16.6. The Labute approximate surface area is 159 Å². The molecule has 0 fully saturated rings. The molecule has 1 atom stereocenters. The molecule has 0 saturated carbocycles.